The fourth-order valence-electron chi connectivity index (χ4n) is 1.21. The van der Waals surface area contributed by atoms with E-state index in [9.17, 15) is 9.59 Å². The SMILES string of the molecule is CCOC(=O)CC(OC(C)(C)C)C(=O)OCC. The van der Waals surface area contributed by atoms with Crippen LogP contribution in [0, 0.1) is 0 Å². The summed E-state index contributed by atoms with van der Waals surface area (Å²) in [5.41, 5.74) is -0.524. The van der Waals surface area contributed by atoms with Gasteiger partial charge in [0.25, 0.3) is 0 Å². The molecule has 0 N–H and O–H groups in total. The molecule has 0 aromatic rings. The van der Waals surface area contributed by atoms with Crippen molar-refractivity contribution in [3.8, 4) is 0 Å². The molecule has 0 aliphatic carbocycles. The number of rotatable bonds is 6. The Balaban J connectivity index is 4.50. The smallest absolute Gasteiger partial charge is 0.335 e. The highest BCUT2D eigenvalue weighted by atomic mass is 16.6. The molecule has 0 spiro atoms. The van der Waals surface area contributed by atoms with E-state index in [0.29, 0.717) is 0 Å². The van der Waals surface area contributed by atoms with Gasteiger partial charge in [-0.05, 0) is 34.6 Å². The van der Waals surface area contributed by atoms with Crippen LogP contribution < -0.4 is 0 Å². The van der Waals surface area contributed by atoms with Crippen LogP contribution in [0.4, 0.5) is 0 Å². The van der Waals surface area contributed by atoms with E-state index < -0.39 is 23.6 Å². The standard InChI is InChI=1S/C12H22O5/c1-6-15-10(13)8-9(11(14)16-7-2)17-12(3,4)5/h9H,6-8H2,1-5H3. The van der Waals surface area contributed by atoms with E-state index >= 15 is 0 Å². The Kier molecular flexibility index (Phi) is 6.80. The zero-order valence-corrected chi connectivity index (χ0v) is 11.2. The van der Waals surface area contributed by atoms with Crippen LogP contribution in [0.3, 0.4) is 0 Å². The number of carbonyl (C=O) groups is 2. The van der Waals surface area contributed by atoms with Gasteiger partial charge in [0, 0.05) is 0 Å². The van der Waals surface area contributed by atoms with Crippen molar-refractivity contribution in [1.29, 1.82) is 0 Å². The summed E-state index contributed by atoms with van der Waals surface area (Å²) in [6.07, 6.45) is -1.03. The van der Waals surface area contributed by atoms with Gasteiger partial charge in [-0.2, -0.15) is 0 Å². The van der Waals surface area contributed by atoms with Crippen LogP contribution in [0.5, 0.6) is 0 Å². The van der Waals surface area contributed by atoms with Gasteiger partial charge in [-0.1, -0.05) is 0 Å². The van der Waals surface area contributed by atoms with Gasteiger partial charge in [-0.3, -0.25) is 4.79 Å². The van der Waals surface area contributed by atoms with Crippen LogP contribution in [0.15, 0.2) is 0 Å². The lowest BCUT2D eigenvalue weighted by Crippen LogP contribution is -2.36. The molecule has 0 radical (unpaired) electrons. The lowest BCUT2D eigenvalue weighted by Gasteiger charge is -2.25. The first-order chi connectivity index (χ1) is 7.80. The third-order valence-corrected chi connectivity index (χ3v) is 1.70. The number of ether oxygens (including phenoxy) is 3. The fourth-order valence-corrected chi connectivity index (χ4v) is 1.21. The van der Waals surface area contributed by atoms with Crippen LogP contribution in [-0.2, 0) is 23.8 Å². The minimum Gasteiger partial charge on any atom is -0.466 e. The average Bonchev–Trinajstić information content (AvgIpc) is 2.15. The van der Waals surface area contributed by atoms with E-state index in [4.69, 9.17) is 14.2 Å². The Bertz CT molecular complexity index is 254. The van der Waals surface area contributed by atoms with Crippen molar-refractivity contribution in [1.82, 2.24) is 0 Å². The molecule has 5 nitrogen and oxygen atoms in total. The summed E-state index contributed by atoms with van der Waals surface area (Å²) < 4.78 is 15.1. The van der Waals surface area contributed by atoms with Gasteiger partial charge in [-0.15, -0.1) is 0 Å². The molecule has 0 saturated carbocycles. The van der Waals surface area contributed by atoms with Crippen LogP contribution >= 0.6 is 0 Å². The summed E-state index contributed by atoms with van der Waals surface area (Å²) in [5.74, 6) is -0.995. The Morgan fingerprint density at radius 2 is 1.59 bits per heavy atom. The molecular weight excluding hydrogens is 224 g/mol. The molecule has 100 valence electrons. The van der Waals surface area contributed by atoms with Crippen molar-refractivity contribution in [2.45, 2.75) is 52.7 Å². The summed E-state index contributed by atoms with van der Waals surface area (Å²) in [7, 11) is 0. The molecule has 0 rings (SSSR count). The summed E-state index contributed by atoms with van der Waals surface area (Å²) in [6, 6.07) is 0. The second-order valence-electron chi connectivity index (χ2n) is 4.48. The predicted molar refractivity (Wildman–Crippen MR) is 62.5 cm³/mol. The Morgan fingerprint density at radius 3 is 2.00 bits per heavy atom. The van der Waals surface area contributed by atoms with Crippen molar-refractivity contribution in [2.24, 2.45) is 0 Å². The number of hydrogen-bond donors (Lipinski definition) is 0. The van der Waals surface area contributed by atoms with Gasteiger partial charge >= 0.3 is 11.9 Å². The van der Waals surface area contributed by atoms with Crippen LogP contribution in [0.25, 0.3) is 0 Å². The molecule has 0 amide bonds. The molecule has 0 aromatic heterocycles. The van der Waals surface area contributed by atoms with E-state index in [2.05, 4.69) is 0 Å². The highest BCUT2D eigenvalue weighted by molar-refractivity contribution is 5.81. The van der Waals surface area contributed by atoms with Crippen LogP contribution in [0.2, 0.25) is 0 Å². The predicted octanol–water partition coefficient (Wildman–Crippen LogP) is 1.69. The largest absolute Gasteiger partial charge is 0.466 e. The van der Waals surface area contributed by atoms with Crippen molar-refractivity contribution in [2.75, 3.05) is 13.2 Å². The number of carbonyl (C=O) groups excluding carboxylic acids is 2. The Morgan fingerprint density at radius 1 is 1.06 bits per heavy atom. The molecule has 5 heteroatoms. The first kappa shape index (κ1) is 15.9. The summed E-state index contributed by atoms with van der Waals surface area (Å²) >= 11 is 0. The van der Waals surface area contributed by atoms with Crippen molar-refractivity contribution in [3.05, 3.63) is 0 Å². The third kappa shape index (κ3) is 7.74. The molecule has 1 atom stereocenters. The quantitative estimate of drug-likeness (QED) is 0.667. The van der Waals surface area contributed by atoms with Crippen molar-refractivity contribution >= 4 is 11.9 Å². The topological polar surface area (TPSA) is 61.8 Å². The zero-order chi connectivity index (χ0) is 13.5. The molecule has 0 bridgehead atoms. The maximum Gasteiger partial charge on any atom is 0.335 e. The second-order valence-corrected chi connectivity index (χ2v) is 4.48. The number of esters is 2. The van der Waals surface area contributed by atoms with Crippen LogP contribution in [-0.4, -0.2) is 36.9 Å². The molecule has 0 aliphatic rings. The second kappa shape index (κ2) is 7.27. The number of hydrogen-bond acceptors (Lipinski definition) is 5. The van der Waals surface area contributed by atoms with E-state index in [1.165, 1.54) is 0 Å². The fraction of sp³-hybridized carbons (Fsp3) is 0.833. The highest BCUT2D eigenvalue weighted by Crippen LogP contribution is 2.15. The molecule has 1 unspecified atom stereocenters. The zero-order valence-electron chi connectivity index (χ0n) is 11.2. The molecule has 17 heavy (non-hydrogen) atoms. The van der Waals surface area contributed by atoms with Gasteiger partial charge < -0.3 is 14.2 Å². The average molecular weight is 246 g/mol. The van der Waals surface area contributed by atoms with Gasteiger partial charge in [0.15, 0.2) is 6.10 Å². The summed E-state index contributed by atoms with van der Waals surface area (Å²) in [6.45, 7) is 9.38. The molecule has 0 aromatic carbocycles. The molecule has 0 heterocycles. The maximum absolute atomic E-state index is 11.6. The third-order valence-electron chi connectivity index (χ3n) is 1.70. The maximum atomic E-state index is 11.6. The molecule has 0 saturated heterocycles. The first-order valence-corrected chi connectivity index (χ1v) is 5.80. The minimum absolute atomic E-state index is 0.121. The Hall–Kier alpha value is -1.10. The van der Waals surface area contributed by atoms with Gasteiger partial charge in [0.1, 0.15) is 0 Å². The van der Waals surface area contributed by atoms with Crippen LogP contribution in [0.1, 0.15) is 41.0 Å². The van der Waals surface area contributed by atoms with Gasteiger partial charge in [0.2, 0.25) is 0 Å². The van der Waals surface area contributed by atoms with Crippen molar-refractivity contribution < 1.29 is 23.8 Å². The molecule has 0 fully saturated rings. The van der Waals surface area contributed by atoms with E-state index in [-0.39, 0.29) is 19.6 Å². The van der Waals surface area contributed by atoms with E-state index in [1.54, 1.807) is 13.8 Å². The highest BCUT2D eigenvalue weighted by Gasteiger charge is 2.29. The minimum atomic E-state index is -0.908. The lowest BCUT2D eigenvalue weighted by molar-refractivity contribution is -0.172. The Labute approximate surface area is 102 Å². The molecular formula is C12H22O5. The summed E-state index contributed by atoms with van der Waals surface area (Å²) in [4.78, 5) is 22.9. The molecule has 0 aliphatic heterocycles. The first-order valence-electron chi connectivity index (χ1n) is 5.80. The lowest BCUT2D eigenvalue weighted by atomic mass is 10.1. The van der Waals surface area contributed by atoms with Gasteiger partial charge in [-0.25, -0.2) is 4.79 Å². The summed E-state index contributed by atoms with van der Waals surface area (Å²) in [5, 5.41) is 0. The van der Waals surface area contributed by atoms with Gasteiger partial charge in [0.05, 0.1) is 25.2 Å². The normalized spacial score (nSPS) is 13.0. The van der Waals surface area contributed by atoms with E-state index in [1.807, 2.05) is 20.8 Å². The van der Waals surface area contributed by atoms with Crippen molar-refractivity contribution in [3.63, 3.8) is 0 Å². The monoisotopic (exact) mass is 246 g/mol. The van der Waals surface area contributed by atoms with E-state index in [0.717, 1.165) is 0 Å².